The molecule has 0 aromatic heterocycles. The lowest BCUT2D eigenvalue weighted by atomic mass is 9.53. The molecule has 5 rings (SSSR count). The lowest BCUT2D eigenvalue weighted by Crippen LogP contribution is -2.62. The van der Waals surface area contributed by atoms with Gasteiger partial charge in [-0.1, -0.05) is 0 Å². The van der Waals surface area contributed by atoms with Gasteiger partial charge in [-0.2, -0.15) is 0 Å². The smallest absolute Gasteiger partial charge is 0.326 e. The van der Waals surface area contributed by atoms with E-state index in [1.165, 1.54) is 38.5 Å². The number of nitrogens with zero attached hydrogens (tertiary/aromatic N) is 1. The fourth-order valence-electron chi connectivity index (χ4n) is 5.83. The number of likely N-dealkylation sites (tertiary alicyclic amines) is 1. The predicted molar refractivity (Wildman–Crippen MR) is 84.0 cm³/mol. The van der Waals surface area contributed by atoms with E-state index in [9.17, 15) is 9.90 Å². The van der Waals surface area contributed by atoms with Crippen molar-refractivity contribution in [3.8, 4) is 0 Å². The zero-order valence-electron chi connectivity index (χ0n) is 12.4. The highest BCUT2D eigenvalue weighted by atomic mass is 32.1. The molecule has 0 aromatic rings. The molecular formula is C16H24N2O2S. The largest absolute Gasteiger partial charge is 0.480 e. The second kappa shape index (κ2) is 4.83. The molecule has 4 nitrogen and oxygen atoms in total. The van der Waals surface area contributed by atoms with Crippen LogP contribution < -0.4 is 5.32 Å². The second-order valence-corrected chi connectivity index (χ2v) is 8.20. The Kier molecular flexibility index (Phi) is 3.18. The Balaban J connectivity index is 1.48. The first-order chi connectivity index (χ1) is 10.0. The van der Waals surface area contributed by atoms with Gasteiger partial charge in [-0.25, -0.2) is 4.79 Å². The average molecular weight is 308 g/mol. The summed E-state index contributed by atoms with van der Waals surface area (Å²) in [5, 5.41) is 13.7. The molecule has 1 atom stereocenters. The summed E-state index contributed by atoms with van der Waals surface area (Å²) in [6.45, 7) is 0.787. The molecular weight excluding hydrogens is 284 g/mol. The van der Waals surface area contributed by atoms with Gasteiger partial charge in [0.2, 0.25) is 0 Å². The molecule has 1 aliphatic heterocycles. The van der Waals surface area contributed by atoms with E-state index in [0.29, 0.717) is 5.11 Å². The van der Waals surface area contributed by atoms with E-state index in [1.807, 2.05) is 4.90 Å². The lowest BCUT2D eigenvalue weighted by Gasteiger charge is -2.57. The first kappa shape index (κ1) is 13.8. The summed E-state index contributed by atoms with van der Waals surface area (Å²) in [5.74, 6) is 1.89. The van der Waals surface area contributed by atoms with E-state index in [0.717, 1.165) is 37.1 Å². The molecule has 116 valence electrons. The number of aliphatic carboxylic acids is 1. The number of hydrogen-bond donors (Lipinski definition) is 2. The van der Waals surface area contributed by atoms with Gasteiger partial charge in [0.05, 0.1) is 0 Å². The van der Waals surface area contributed by atoms with E-state index in [4.69, 9.17) is 12.2 Å². The van der Waals surface area contributed by atoms with E-state index < -0.39 is 12.0 Å². The normalized spacial score (nSPS) is 44.1. The number of hydrogen-bond acceptors (Lipinski definition) is 2. The average Bonchev–Trinajstić information content (AvgIpc) is 2.85. The van der Waals surface area contributed by atoms with Gasteiger partial charge in [-0.05, 0) is 81.3 Å². The number of carbonyl (C=O) groups is 1. The monoisotopic (exact) mass is 308 g/mol. The summed E-state index contributed by atoms with van der Waals surface area (Å²) in [6.07, 6.45) is 9.61. The van der Waals surface area contributed by atoms with Crippen LogP contribution >= 0.6 is 12.2 Å². The van der Waals surface area contributed by atoms with E-state index >= 15 is 0 Å². The fraction of sp³-hybridized carbons (Fsp3) is 0.875. The van der Waals surface area contributed by atoms with Crippen LogP contribution in [0.25, 0.3) is 0 Å². The van der Waals surface area contributed by atoms with E-state index in [2.05, 4.69) is 5.32 Å². The SMILES string of the molecule is O=C(O)[C@@H]1CCCN1C(=S)NC12CC3CC(CC(C3)C1)C2. The van der Waals surface area contributed by atoms with Crippen LogP contribution in [0.15, 0.2) is 0 Å². The maximum atomic E-state index is 11.4. The Morgan fingerprint density at radius 1 is 1.14 bits per heavy atom. The van der Waals surface area contributed by atoms with Crippen LogP contribution in [0.4, 0.5) is 0 Å². The molecule has 5 aliphatic rings. The molecule has 1 heterocycles. The molecule has 0 spiro atoms. The maximum Gasteiger partial charge on any atom is 0.326 e. The van der Waals surface area contributed by atoms with Crippen LogP contribution in [0.1, 0.15) is 51.4 Å². The number of rotatable bonds is 2. The minimum Gasteiger partial charge on any atom is -0.480 e. The van der Waals surface area contributed by atoms with Crippen molar-refractivity contribution in [3.63, 3.8) is 0 Å². The van der Waals surface area contributed by atoms with Crippen LogP contribution in [-0.2, 0) is 4.79 Å². The van der Waals surface area contributed by atoms with Gasteiger partial charge in [0.1, 0.15) is 6.04 Å². The Hall–Kier alpha value is -0.840. The highest BCUT2D eigenvalue weighted by molar-refractivity contribution is 7.80. The van der Waals surface area contributed by atoms with Gasteiger partial charge in [0, 0.05) is 12.1 Å². The molecule has 1 saturated heterocycles. The summed E-state index contributed by atoms with van der Waals surface area (Å²) >= 11 is 5.60. The molecule has 0 aromatic carbocycles. The molecule has 4 aliphatic carbocycles. The van der Waals surface area contributed by atoms with Crippen molar-refractivity contribution in [2.45, 2.75) is 62.9 Å². The fourth-order valence-corrected chi connectivity index (χ4v) is 6.26. The van der Waals surface area contributed by atoms with Gasteiger partial charge >= 0.3 is 5.97 Å². The zero-order valence-corrected chi connectivity index (χ0v) is 13.2. The Labute approximate surface area is 131 Å². The Morgan fingerprint density at radius 2 is 1.71 bits per heavy atom. The number of carboxylic acid groups (broad SMARTS) is 1. The first-order valence-corrected chi connectivity index (χ1v) is 8.77. The van der Waals surface area contributed by atoms with Crippen molar-refractivity contribution in [1.82, 2.24) is 10.2 Å². The number of thiocarbonyl (C=S) groups is 1. The third kappa shape index (κ3) is 2.33. The molecule has 21 heavy (non-hydrogen) atoms. The Bertz CT molecular complexity index is 444. The molecule has 2 N–H and O–H groups in total. The summed E-state index contributed by atoms with van der Waals surface area (Å²) in [6, 6.07) is -0.418. The maximum absolute atomic E-state index is 11.4. The van der Waals surface area contributed by atoms with Crippen LogP contribution in [0.2, 0.25) is 0 Å². The number of carboxylic acids is 1. The van der Waals surface area contributed by atoms with Crippen molar-refractivity contribution >= 4 is 23.3 Å². The van der Waals surface area contributed by atoms with Gasteiger partial charge in [0.25, 0.3) is 0 Å². The van der Waals surface area contributed by atoms with Crippen LogP contribution in [0.5, 0.6) is 0 Å². The van der Waals surface area contributed by atoms with Gasteiger partial charge in [0.15, 0.2) is 5.11 Å². The van der Waals surface area contributed by atoms with Crippen molar-refractivity contribution in [1.29, 1.82) is 0 Å². The summed E-state index contributed by atoms with van der Waals surface area (Å²) in [7, 11) is 0. The molecule has 0 unspecified atom stereocenters. The topological polar surface area (TPSA) is 52.6 Å². The highest BCUT2D eigenvalue weighted by Crippen LogP contribution is 2.55. The first-order valence-electron chi connectivity index (χ1n) is 8.36. The third-order valence-corrected chi connectivity index (χ3v) is 6.55. The van der Waals surface area contributed by atoms with Gasteiger partial charge in [-0.15, -0.1) is 0 Å². The standard InChI is InChI=1S/C16H24N2O2S/c19-14(20)13-2-1-3-18(13)15(21)17-16-7-10-4-11(8-16)6-12(5-10)9-16/h10-13H,1-9H2,(H,17,21)(H,19,20)/t10?,11?,12?,13-,16?/m0/s1. The van der Waals surface area contributed by atoms with Crippen molar-refractivity contribution in [3.05, 3.63) is 0 Å². The van der Waals surface area contributed by atoms with E-state index in [-0.39, 0.29) is 5.54 Å². The number of nitrogens with one attached hydrogen (secondary N) is 1. The van der Waals surface area contributed by atoms with Crippen LogP contribution in [-0.4, -0.2) is 39.2 Å². The molecule has 4 saturated carbocycles. The van der Waals surface area contributed by atoms with Crippen molar-refractivity contribution in [2.75, 3.05) is 6.54 Å². The lowest BCUT2D eigenvalue weighted by molar-refractivity contribution is -0.140. The minimum absolute atomic E-state index is 0.178. The second-order valence-electron chi connectivity index (χ2n) is 7.82. The zero-order chi connectivity index (χ0) is 14.6. The van der Waals surface area contributed by atoms with Crippen molar-refractivity contribution in [2.24, 2.45) is 17.8 Å². The van der Waals surface area contributed by atoms with Crippen molar-refractivity contribution < 1.29 is 9.90 Å². The highest BCUT2D eigenvalue weighted by Gasteiger charge is 2.51. The van der Waals surface area contributed by atoms with E-state index in [1.54, 1.807) is 0 Å². The quantitative estimate of drug-likeness (QED) is 0.767. The molecule has 4 bridgehead atoms. The van der Waals surface area contributed by atoms with Crippen LogP contribution in [0.3, 0.4) is 0 Å². The summed E-state index contributed by atoms with van der Waals surface area (Å²) in [5.41, 5.74) is 0.178. The molecule has 0 amide bonds. The molecule has 0 radical (unpaired) electrons. The summed E-state index contributed by atoms with van der Waals surface area (Å²) < 4.78 is 0. The molecule has 5 heteroatoms. The predicted octanol–water partition coefficient (Wildman–Crippen LogP) is 2.38. The van der Waals surface area contributed by atoms with Gasteiger partial charge in [-0.3, -0.25) is 0 Å². The Morgan fingerprint density at radius 3 is 2.24 bits per heavy atom. The molecule has 5 fully saturated rings. The van der Waals surface area contributed by atoms with Gasteiger partial charge < -0.3 is 15.3 Å². The minimum atomic E-state index is -0.734. The summed E-state index contributed by atoms with van der Waals surface area (Å²) in [4.78, 5) is 13.3. The van der Waals surface area contributed by atoms with Crippen LogP contribution in [0, 0.1) is 17.8 Å². The third-order valence-electron chi connectivity index (χ3n) is 6.21.